The monoisotopic (exact) mass is 265 g/mol. The van der Waals surface area contributed by atoms with Crippen LogP contribution in [0.4, 0.5) is 0 Å². The minimum Gasteiger partial charge on any atom is -0.480 e. The van der Waals surface area contributed by atoms with Crippen molar-refractivity contribution in [2.75, 3.05) is 26.8 Å². The van der Waals surface area contributed by atoms with Gasteiger partial charge in [-0.25, -0.2) is 0 Å². The van der Waals surface area contributed by atoms with E-state index in [1.54, 1.807) is 6.92 Å². The Hall–Kier alpha value is -1.39. The van der Waals surface area contributed by atoms with Crippen LogP contribution in [0.15, 0.2) is 30.3 Å². The second-order valence-electron chi connectivity index (χ2n) is 4.70. The van der Waals surface area contributed by atoms with E-state index in [1.165, 1.54) is 5.56 Å². The number of benzene rings is 1. The SMILES string of the molecule is CC(C(=O)O)N(C)CCCOCCc1ccccc1. The van der Waals surface area contributed by atoms with Crippen molar-refractivity contribution in [3.8, 4) is 0 Å². The van der Waals surface area contributed by atoms with Crippen LogP contribution in [0.1, 0.15) is 18.9 Å². The molecule has 0 aliphatic heterocycles. The van der Waals surface area contributed by atoms with Gasteiger partial charge in [-0.15, -0.1) is 0 Å². The third-order valence-corrected chi connectivity index (χ3v) is 3.20. The van der Waals surface area contributed by atoms with Crippen LogP contribution in [0.3, 0.4) is 0 Å². The Bertz CT molecular complexity index is 367. The van der Waals surface area contributed by atoms with Gasteiger partial charge < -0.3 is 9.84 Å². The van der Waals surface area contributed by atoms with Crippen LogP contribution in [0.5, 0.6) is 0 Å². The molecule has 1 rings (SSSR count). The first-order chi connectivity index (χ1) is 9.11. The summed E-state index contributed by atoms with van der Waals surface area (Å²) in [6.45, 7) is 3.81. The minimum atomic E-state index is -0.785. The van der Waals surface area contributed by atoms with E-state index in [2.05, 4.69) is 12.1 Å². The average Bonchev–Trinajstić information content (AvgIpc) is 2.42. The Morgan fingerprint density at radius 3 is 2.63 bits per heavy atom. The zero-order chi connectivity index (χ0) is 14.1. The predicted octanol–water partition coefficient (Wildman–Crippen LogP) is 2.04. The highest BCUT2D eigenvalue weighted by atomic mass is 16.5. The molecule has 0 bridgehead atoms. The van der Waals surface area contributed by atoms with Gasteiger partial charge in [0.1, 0.15) is 6.04 Å². The summed E-state index contributed by atoms with van der Waals surface area (Å²) in [5, 5.41) is 8.85. The molecule has 0 heterocycles. The summed E-state index contributed by atoms with van der Waals surface area (Å²) in [6, 6.07) is 9.79. The van der Waals surface area contributed by atoms with Crippen molar-refractivity contribution in [3.63, 3.8) is 0 Å². The number of hydrogen-bond donors (Lipinski definition) is 1. The van der Waals surface area contributed by atoms with Gasteiger partial charge in [0.25, 0.3) is 0 Å². The Morgan fingerprint density at radius 2 is 2.00 bits per heavy atom. The second-order valence-corrected chi connectivity index (χ2v) is 4.70. The van der Waals surface area contributed by atoms with Crippen molar-refractivity contribution in [3.05, 3.63) is 35.9 Å². The molecule has 0 saturated carbocycles. The molecule has 0 saturated heterocycles. The van der Waals surface area contributed by atoms with Gasteiger partial charge in [0.05, 0.1) is 6.61 Å². The van der Waals surface area contributed by atoms with Crippen LogP contribution in [0.25, 0.3) is 0 Å². The number of rotatable bonds is 9. The number of ether oxygens (including phenoxy) is 1. The molecule has 0 spiro atoms. The smallest absolute Gasteiger partial charge is 0.320 e. The summed E-state index contributed by atoms with van der Waals surface area (Å²) in [6.07, 6.45) is 1.77. The van der Waals surface area contributed by atoms with Gasteiger partial charge in [-0.05, 0) is 32.4 Å². The van der Waals surface area contributed by atoms with E-state index in [4.69, 9.17) is 9.84 Å². The fourth-order valence-corrected chi connectivity index (χ4v) is 1.73. The highest BCUT2D eigenvalue weighted by molar-refractivity contribution is 5.72. The van der Waals surface area contributed by atoms with Crippen LogP contribution in [-0.2, 0) is 16.0 Å². The van der Waals surface area contributed by atoms with Crippen LogP contribution in [0, 0.1) is 0 Å². The lowest BCUT2D eigenvalue weighted by Crippen LogP contribution is -2.36. The van der Waals surface area contributed by atoms with Crippen LogP contribution in [-0.4, -0.2) is 48.8 Å². The zero-order valence-corrected chi connectivity index (χ0v) is 11.7. The number of carboxylic acids is 1. The molecule has 0 aliphatic carbocycles. The van der Waals surface area contributed by atoms with Crippen molar-refractivity contribution < 1.29 is 14.6 Å². The number of hydrogen-bond acceptors (Lipinski definition) is 3. The fourth-order valence-electron chi connectivity index (χ4n) is 1.73. The molecule has 1 aromatic carbocycles. The van der Waals surface area contributed by atoms with Crippen molar-refractivity contribution in [1.29, 1.82) is 0 Å². The molecule has 1 N–H and O–H groups in total. The van der Waals surface area contributed by atoms with E-state index in [-0.39, 0.29) is 0 Å². The maximum atomic E-state index is 10.8. The van der Waals surface area contributed by atoms with Gasteiger partial charge in [0.15, 0.2) is 0 Å². The van der Waals surface area contributed by atoms with Crippen LogP contribution >= 0.6 is 0 Å². The summed E-state index contributed by atoms with van der Waals surface area (Å²) in [4.78, 5) is 12.6. The molecule has 1 atom stereocenters. The molecule has 0 radical (unpaired) electrons. The topological polar surface area (TPSA) is 49.8 Å². The number of nitrogens with zero attached hydrogens (tertiary/aromatic N) is 1. The van der Waals surface area contributed by atoms with Crippen molar-refractivity contribution in [1.82, 2.24) is 4.90 Å². The molecule has 106 valence electrons. The van der Waals surface area contributed by atoms with Gasteiger partial charge in [0.2, 0.25) is 0 Å². The number of likely N-dealkylation sites (N-methyl/N-ethyl adjacent to an activating group) is 1. The number of aliphatic carboxylic acids is 1. The van der Waals surface area contributed by atoms with Gasteiger partial charge in [-0.2, -0.15) is 0 Å². The van der Waals surface area contributed by atoms with E-state index < -0.39 is 12.0 Å². The lowest BCUT2D eigenvalue weighted by atomic mass is 10.2. The van der Waals surface area contributed by atoms with E-state index >= 15 is 0 Å². The lowest BCUT2D eigenvalue weighted by Gasteiger charge is -2.20. The largest absolute Gasteiger partial charge is 0.480 e. The molecule has 1 unspecified atom stereocenters. The molecule has 4 heteroatoms. The van der Waals surface area contributed by atoms with Gasteiger partial charge in [-0.3, -0.25) is 9.69 Å². The molecule has 0 amide bonds. The Morgan fingerprint density at radius 1 is 1.32 bits per heavy atom. The Labute approximate surface area is 115 Å². The second kappa shape index (κ2) is 8.67. The molecule has 19 heavy (non-hydrogen) atoms. The molecule has 1 aromatic rings. The zero-order valence-electron chi connectivity index (χ0n) is 11.7. The van der Waals surface area contributed by atoms with Gasteiger partial charge >= 0.3 is 5.97 Å². The predicted molar refractivity (Wildman–Crippen MR) is 75.3 cm³/mol. The quantitative estimate of drug-likeness (QED) is 0.694. The maximum Gasteiger partial charge on any atom is 0.320 e. The molecule has 0 aromatic heterocycles. The number of carbonyl (C=O) groups is 1. The van der Waals surface area contributed by atoms with E-state index in [9.17, 15) is 4.79 Å². The normalized spacial score (nSPS) is 12.6. The first-order valence-corrected chi connectivity index (χ1v) is 6.66. The molecule has 0 fully saturated rings. The lowest BCUT2D eigenvalue weighted by molar-refractivity contribution is -0.142. The van der Waals surface area contributed by atoms with E-state index in [1.807, 2.05) is 30.1 Å². The average molecular weight is 265 g/mol. The summed E-state index contributed by atoms with van der Waals surface area (Å²) in [7, 11) is 1.82. The fraction of sp³-hybridized carbons (Fsp3) is 0.533. The van der Waals surface area contributed by atoms with Crippen LogP contribution in [0.2, 0.25) is 0 Å². The van der Waals surface area contributed by atoms with Crippen molar-refractivity contribution in [2.24, 2.45) is 0 Å². The third-order valence-electron chi connectivity index (χ3n) is 3.20. The minimum absolute atomic E-state index is 0.440. The van der Waals surface area contributed by atoms with Gasteiger partial charge in [-0.1, -0.05) is 30.3 Å². The summed E-state index contributed by atoms with van der Waals surface area (Å²) >= 11 is 0. The summed E-state index contributed by atoms with van der Waals surface area (Å²) in [5.74, 6) is -0.785. The molecule has 0 aliphatic rings. The summed E-state index contributed by atoms with van der Waals surface area (Å²) < 4.78 is 5.55. The van der Waals surface area contributed by atoms with E-state index in [0.717, 1.165) is 19.4 Å². The third kappa shape index (κ3) is 6.36. The Kier molecular flexibility index (Phi) is 7.15. The van der Waals surface area contributed by atoms with Crippen molar-refractivity contribution in [2.45, 2.75) is 25.8 Å². The molecular weight excluding hydrogens is 242 g/mol. The molecule has 4 nitrogen and oxygen atoms in total. The van der Waals surface area contributed by atoms with Crippen molar-refractivity contribution >= 4 is 5.97 Å². The standard InChI is InChI=1S/C15H23NO3/c1-13(15(17)18)16(2)10-6-11-19-12-9-14-7-4-3-5-8-14/h3-5,7-8,13H,6,9-12H2,1-2H3,(H,17,18). The highest BCUT2D eigenvalue weighted by Crippen LogP contribution is 2.01. The summed E-state index contributed by atoms with van der Waals surface area (Å²) in [5.41, 5.74) is 1.28. The molecular formula is C15H23NO3. The highest BCUT2D eigenvalue weighted by Gasteiger charge is 2.15. The maximum absolute atomic E-state index is 10.8. The first-order valence-electron chi connectivity index (χ1n) is 6.66. The van der Waals surface area contributed by atoms with Crippen LogP contribution < -0.4 is 0 Å². The van der Waals surface area contributed by atoms with Gasteiger partial charge in [0, 0.05) is 13.2 Å². The first kappa shape index (κ1) is 15.7. The number of carboxylic acid groups (broad SMARTS) is 1. The Balaban J connectivity index is 2.04. The van der Waals surface area contributed by atoms with E-state index in [0.29, 0.717) is 13.2 Å².